The molecule has 1 amide bonds. The Labute approximate surface area is 123 Å². The van der Waals surface area contributed by atoms with Crippen LogP contribution in [0.3, 0.4) is 0 Å². The lowest BCUT2D eigenvalue weighted by atomic mass is 10.1. The average Bonchev–Trinajstić information content (AvgIpc) is 2.72. The smallest absolute Gasteiger partial charge is 0.341 e. The monoisotopic (exact) mass is 298 g/mol. The van der Waals surface area contributed by atoms with Crippen LogP contribution in [0.15, 0.2) is 0 Å². The van der Waals surface area contributed by atoms with Crippen molar-refractivity contribution in [2.45, 2.75) is 34.1 Å². The molecule has 112 valence electrons. The molecule has 0 unspecified atom stereocenters. The Hall–Kier alpha value is -1.40. The van der Waals surface area contributed by atoms with Gasteiger partial charge in [0, 0.05) is 4.88 Å². The van der Waals surface area contributed by atoms with Gasteiger partial charge in [0.15, 0.2) is 0 Å². The quantitative estimate of drug-likeness (QED) is 0.758. The molecular weight excluding hydrogens is 276 g/mol. The van der Waals surface area contributed by atoms with Crippen molar-refractivity contribution in [3.8, 4) is 0 Å². The molecule has 0 atom stereocenters. The van der Waals surface area contributed by atoms with Crippen molar-refractivity contribution < 1.29 is 14.3 Å². The van der Waals surface area contributed by atoms with Crippen LogP contribution in [0.4, 0.5) is 5.00 Å². The summed E-state index contributed by atoms with van der Waals surface area (Å²) in [4.78, 5) is 24.9. The molecule has 0 radical (unpaired) electrons. The molecule has 1 aromatic rings. The maximum atomic E-state index is 12.1. The van der Waals surface area contributed by atoms with E-state index in [1.54, 1.807) is 6.92 Å². The summed E-state index contributed by atoms with van der Waals surface area (Å²) >= 11 is 1.42. The fourth-order valence-electron chi connectivity index (χ4n) is 1.92. The molecule has 0 aliphatic heterocycles. The molecule has 0 bridgehead atoms. The van der Waals surface area contributed by atoms with E-state index in [0.29, 0.717) is 17.2 Å². The van der Waals surface area contributed by atoms with Crippen LogP contribution in [0.1, 0.15) is 41.6 Å². The van der Waals surface area contributed by atoms with E-state index in [4.69, 9.17) is 4.74 Å². The first-order valence-electron chi connectivity index (χ1n) is 6.84. The number of carbonyl (C=O) groups excluding carboxylic acids is 2. The lowest BCUT2D eigenvalue weighted by Crippen LogP contribution is -2.28. The fourth-order valence-corrected chi connectivity index (χ4v) is 3.07. The molecule has 1 heterocycles. The van der Waals surface area contributed by atoms with E-state index >= 15 is 0 Å². The minimum absolute atomic E-state index is 0.152. The Morgan fingerprint density at radius 1 is 1.25 bits per heavy atom. The van der Waals surface area contributed by atoms with E-state index in [1.807, 2.05) is 20.8 Å². The molecular formula is C14H22N2O3S. The lowest BCUT2D eigenvalue weighted by molar-refractivity contribution is -0.115. The summed E-state index contributed by atoms with van der Waals surface area (Å²) in [6.45, 7) is 8.92. The van der Waals surface area contributed by atoms with Crippen molar-refractivity contribution in [3.05, 3.63) is 16.0 Å². The van der Waals surface area contributed by atoms with Gasteiger partial charge in [0.25, 0.3) is 0 Å². The number of likely N-dealkylation sites (N-methyl/N-ethyl adjacent to an activating group) is 1. The third-order valence-electron chi connectivity index (χ3n) is 2.83. The number of rotatable bonds is 7. The van der Waals surface area contributed by atoms with Gasteiger partial charge in [0.2, 0.25) is 5.91 Å². The highest BCUT2D eigenvalue weighted by Gasteiger charge is 2.23. The maximum Gasteiger partial charge on any atom is 0.341 e. The molecule has 1 aromatic heterocycles. The number of hydrogen-bond donors (Lipinski definition) is 2. The predicted molar refractivity (Wildman–Crippen MR) is 81.6 cm³/mol. The van der Waals surface area contributed by atoms with Crippen LogP contribution in [0.2, 0.25) is 0 Å². The van der Waals surface area contributed by atoms with Gasteiger partial charge in [0.05, 0.1) is 18.7 Å². The topological polar surface area (TPSA) is 67.4 Å². The maximum absolute atomic E-state index is 12.1. The third kappa shape index (κ3) is 4.05. The number of ether oxygens (including phenoxy) is 1. The minimum Gasteiger partial charge on any atom is -0.462 e. The minimum atomic E-state index is -0.368. The van der Waals surface area contributed by atoms with Crippen LogP contribution in [0.5, 0.6) is 0 Å². The van der Waals surface area contributed by atoms with Gasteiger partial charge in [-0.2, -0.15) is 0 Å². The number of nitrogens with one attached hydrogen (secondary N) is 2. The number of thiophene rings is 1. The second-order valence-corrected chi connectivity index (χ2v) is 5.47. The van der Waals surface area contributed by atoms with Crippen LogP contribution in [0.25, 0.3) is 0 Å². The summed E-state index contributed by atoms with van der Waals surface area (Å²) in [5.41, 5.74) is 1.45. The standard InChI is InChI=1S/C14H22N2O3S/c1-5-10-9(4)20-13(12(10)14(18)19-7-3)16-11(17)8-15-6-2/h15H,5-8H2,1-4H3,(H,16,17). The van der Waals surface area contributed by atoms with Gasteiger partial charge in [0.1, 0.15) is 5.00 Å². The summed E-state index contributed by atoms with van der Waals surface area (Å²) < 4.78 is 5.09. The molecule has 0 aliphatic carbocycles. The lowest BCUT2D eigenvalue weighted by Gasteiger charge is -2.08. The molecule has 6 heteroatoms. The van der Waals surface area contributed by atoms with E-state index in [-0.39, 0.29) is 18.4 Å². The van der Waals surface area contributed by atoms with Crippen molar-refractivity contribution in [2.75, 3.05) is 25.0 Å². The molecule has 1 rings (SSSR count). The second-order valence-electron chi connectivity index (χ2n) is 4.24. The van der Waals surface area contributed by atoms with E-state index in [0.717, 1.165) is 23.4 Å². The summed E-state index contributed by atoms with van der Waals surface area (Å²) in [5.74, 6) is -0.520. The summed E-state index contributed by atoms with van der Waals surface area (Å²) in [5, 5.41) is 6.33. The van der Waals surface area contributed by atoms with Gasteiger partial charge in [-0.1, -0.05) is 13.8 Å². The SMILES string of the molecule is CCNCC(=O)Nc1sc(C)c(CC)c1C(=O)OCC. The van der Waals surface area contributed by atoms with Gasteiger partial charge in [-0.05, 0) is 32.4 Å². The highest BCUT2D eigenvalue weighted by molar-refractivity contribution is 7.16. The summed E-state index contributed by atoms with van der Waals surface area (Å²) in [7, 11) is 0. The summed E-state index contributed by atoms with van der Waals surface area (Å²) in [6.07, 6.45) is 0.736. The van der Waals surface area contributed by atoms with Gasteiger partial charge in [-0.3, -0.25) is 4.79 Å². The molecule has 0 spiro atoms. The van der Waals surface area contributed by atoms with Crippen LogP contribution in [-0.4, -0.2) is 31.6 Å². The molecule has 20 heavy (non-hydrogen) atoms. The summed E-state index contributed by atoms with van der Waals surface area (Å²) in [6, 6.07) is 0. The second kappa shape index (κ2) is 8.01. The number of carbonyl (C=O) groups is 2. The number of amides is 1. The van der Waals surface area contributed by atoms with E-state index in [9.17, 15) is 9.59 Å². The van der Waals surface area contributed by atoms with Gasteiger partial charge >= 0.3 is 5.97 Å². The van der Waals surface area contributed by atoms with Crippen molar-refractivity contribution in [1.82, 2.24) is 5.32 Å². The number of hydrogen-bond acceptors (Lipinski definition) is 5. The van der Waals surface area contributed by atoms with E-state index in [2.05, 4.69) is 10.6 Å². The van der Waals surface area contributed by atoms with Gasteiger partial charge in [-0.25, -0.2) is 4.79 Å². The van der Waals surface area contributed by atoms with Crippen LogP contribution in [-0.2, 0) is 16.0 Å². The normalized spacial score (nSPS) is 10.4. The Morgan fingerprint density at radius 3 is 2.50 bits per heavy atom. The zero-order valence-electron chi connectivity index (χ0n) is 12.5. The molecule has 0 aromatic carbocycles. The molecule has 2 N–H and O–H groups in total. The van der Waals surface area contributed by atoms with Gasteiger partial charge < -0.3 is 15.4 Å². The fraction of sp³-hybridized carbons (Fsp3) is 0.571. The van der Waals surface area contributed by atoms with Crippen LogP contribution >= 0.6 is 11.3 Å². The number of aryl methyl sites for hydroxylation is 1. The highest BCUT2D eigenvalue weighted by atomic mass is 32.1. The molecule has 0 saturated carbocycles. The Balaban J connectivity index is 3.00. The van der Waals surface area contributed by atoms with E-state index < -0.39 is 0 Å². The Bertz CT molecular complexity index is 483. The largest absolute Gasteiger partial charge is 0.462 e. The van der Waals surface area contributed by atoms with Crippen molar-refractivity contribution in [3.63, 3.8) is 0 Å². The molecule has 5 nitrogen and oxygen atoms in total. The molecule has 0 fully saturated rings. The van der Waals surface area contributed by atoms with Crippen molar-refractivity contribution in [1.29, 1.82) is 0 Å². The first-order valence-corrected chi connectivity index (χ1v) is 7.66. The number of esters is 1. The van der Waals surface area contributed by atoms with Crippen LogP contribution < -0.4 is 10.6 Å². The van der Waals surface area contributed by atoms with E-state index in [1.165, 1.54) is 11.3 Å². The number of anilines is 1. The van der Waals surface area contributed by atoms with Crippen molar-refractivity contribution in [2.24, 2.45) is 0 Å². The van der Waals surface area contributed by atoms with Crippen LogP contribution in [0, 0.1) is 6.92 Å². The molecule has 0 aliphatic rings. The first-order chi connectivity index (χ1) is 9.54. The van der Waals surface area contributed by atoms with Crippen molar-refractivity contribution >= 4 is 28.2 Å². The predicted octanol–water partition coefficient (Wildman–Crippen LogP) is 2.34. The average molecular weight is 298 g/mol. The van der Waals surface area contributed by atoms with Gasteiger partial charge in [-0.15, -0.1) is 11.3 Å². The Morgan fingerprint density at radius 2 is 1.95 bits per heavy atom. The molecule has 0 saturated heterocycles. The zero-order valence-corrected chi connectivity index (χ0v) is 13.3. The Kier molecular flexibility index (Phi) is 6.67. The first kappa shape index (κ1) is 16.7. The highest BCUT2D eigenvalue weighted by Crippen LogP contribution is 2.33. The zero-order chi connectivity index (χ0) is 15.1. The third-order valence-corrected chi connectivity index (χ3v) is 3.89.